The molecule has 0 fully saturated rings. The summed E-state index contributed by atoms with van der Waals surface area (Å²) >= 11 is 0. The summed E-state index contributed by atoms with van der Waals surface area (Å²) in [5.41, 5.74) is 10.3. The van der Waals surface area contributed by atoms with E-state index in [-0.39, 0.29) is 12.6 Å². The van der Waals surface area contributed by atoms with E-state index in [9.17, 15) is 9.18 Å². The maximum atomic E-state index is 13.9. The van der Waals surface area contributed by atoms with Crippen LogP contribution in [0.1, 0.15) is 40.7 Å². The van der Waals surface area contributed by atoms with Crippen LogP contribution in [0.5, 0.6) is 11.5 Å². The van der Waals surface area contributed by atoms with Crippen LogP contribution in [0.4, 0.5) is 4.39 Å². The van der Waals surface area contributed by atoms with Crippen molar-refractivity contribution in [2.24, 2.45) is 5.73 Å². The van der Waals surface area contributed by atoms with Crippen LogP contribution in [0, 0.1) is 12.7 Å². The van der Waals surface area contributed by atoms with Crippen molar-refractivity contribution in [3.8, 4) is 22.6 Å². The third-order valence-electron chi connectivity index (χ3n) is 5.26. The zero-order chi connectivity index (χ0) is 20.5. The Morgan fingerprint density at radius 1 is 1.17 bits per heavy atom. The predicted octanol–water partition coefficient (Wildman–Crippen LogP) is 4.43. The molecule has 0 unspecified atom stereocenters. The molecule has 2 heterocycles. The van der Waals surface area contributed by atoms with E-state index < -0.39 is 5.91 Å². The minimum Gasteiger partial charge on any atom is -0.454 e. The summed E-state index contributed by atoms with van der Waals surface area (Å²) in [6.45, 7) is 4.73. The lowest BCUT2D eigenvalue weighted by Gasteiger charge is -2.13. The zero-order valence-electron chi connectivity index (χ0n) is 16.5. The van der Waals surface area contributed by atoms with Crippen molar-refractivity contribution in [3.63, 3.8) is 0 Å². The zero-order valence-corrected chi connectivity index (χ0v) is 16.5. The summed E-state index contributed by atoms with van der Waals surface area (Å²) in [4.78, 5) is 12.4. The third-order valence-corrected chi connectivity index (χ3v) is 5.26. The SMILES string of the molecule is CCCc1c(-c2cccc(F)c2)c(C(N)=O)c(C)n1Cc1ccc2c(c1)OCO2. The molecule has 0 bridgehead atoms. The second-order valence-electron chi connectivity index (χ2n) is 7.18. The van der Waals surface area contributed by atoms with E-state index in [1.54, 1.807) is 6.07 Å². The van der Waals surface area contributed by atoms with Gasteiger partial charge in [0.1, 0.15) is 5.82 Å². The largest absolute Gasteiger partial charge is 0.454 e. The normalized spacial score (nSPS) is 12.4. The van der Waals surface area contributed by atoms with E-state index in [4.69, 9.17) is 15.2 Å². The Morgan fingerprint density at radius 2 is 1.97 bits per heavy atom. The molecule has 150 valence electrons. The molecule has 1 aromatic heterocycles. The molecule has 3 aromatic rings. The van der Waals surface area contributed by atoms with E-state index in [1.165, 1.54) is 12.1 Å². The Hall–Kier alpha value is -3.28. The quantitative estimate of drug-likeness (QED) is 0.673. The highest BCUT2D eigenvalue weighted by Crippen LogP contribution is 2.36. The first-order valence-corrected chi connectivity index (χ1v) is 9.65. The molecular weight excluding hydrogens is 371 g/mol. The number of carbonyl (C=O) groups excluding carboxylic acids is 1. The van der Waals surface area contributed by atoms with Crippen LogP contribution in [0.3, 0.4) is 0 Å². The number of benzene rings is 2. The molecule has 6 heteroatoms. The van der Waals surface area contributed by atoms with Crippen molar-refractivity contribution in [2.45, 2.75) is 33.2 Å². The molecular formula is C23H23FN2O3. The number of nitrogens with zero attached hydrogens (tertiary/aromatic N) is 1. The molecule has 4 rings (SSSR count). The number of rotatable bonds is 6. The van der Waals surface area contributed by atoms with Crippen molar-refractivity contribution in [1.82, 2.24) is 4.57 Å². The molecule has 0 saturated carbocycles. The Bertz CT molecular complexity index is 1090. The summed E-state index contributed by atoms with van der Waals surface area (Å²) in [6.07, 6.45) is 1.62. The van der Waals surface area contributed by atoms with Crippen molar-refractivity contribution in [3.05, 3.63) is 70.8 Å². The summed E-state index contributed by atoms with van der Waals surface area (Å²) < 4.78 is 26.9. The number of carbonyl (C=O) groups is 1. The van der Waals surface area contributed by atoms with Crippen LogP contribution in [0.25, 0.3) is 11.1 Å². The Balaban J connectivity index is 1.87. The van der Waals surface area contributed by atoms with Crippen LogP contribution < -0.4 is 15.2 Å². The van der Waals surface area contributed by atoms with Gasteiger partial charge in [0, 0.05) is 23.5 Å². The molecule has 2 aromatic carbocycles. The van der Waals surface area contributed by atoms with Crippen LogP contribution in [-0.2, 0) is 13.0 Å². The van der Waals surface area contributed by atoms with Gasteiger partial charge in [0.2, 0.25) is 6.79 Å². The topological polar surface area (TPSA) is 66.5 Å². The van der Waals surface area contributed by atoms with Gasteiger partial charge in [-0.05, 0) is 48.7 Å². The van der Waals surface area contributed by atoms with Gasteiger partial charge < -0.3 is 19.8 Å². The minimum atomic E-state index is -0.511. The number of nitrogens with two attached hydrogens (primary N) is 1. The van der Waals surface area contributed by atoms with Gasteiger partial charge in [0.25, 0.3) is 5.91 Å². The third kappa shape index (κ3) is 3.46. The summed E-state index contributed by atoms with van der Waals surface area (Å²) in [5.74, 6) is 0.583. The number of halogens is 1. The first kappa shape index (κ1) is 19.1. The van der Waals surface area contributed by atoms with Gasteiger partial charge in [-0.15, -0.1) is 0 Å². The average Bonchev–Trinajstić information content (AvgIpc) is 3.25. The second-order valence-corrected chi connectivity index (χ2v) is 7.18. The lowest BCUT2D eigenvalue weighted by atomic mass is 9.98. The molecule has 0 spiro atoms. The van der Waals surface area contributed by atoms with E-state index in [0.717, 1.165) is 41.1 Å². The van der Waals surface area contributed by atoms with Gasteiger partial charge in [0.05, 0.1) is 5.56 Å². The standard InChI is InChI=1S/C23H23FN2O3/c1-3-5-18-22(16-6-4-7-17(24)11-16)21(23(25)27)14(2)26(18)12-15-8-9-19-20(10-15)29-13-28-19/h4,6-11H,3,5,12-13H2,1-2H3,(H2,25,27). The molecule has 0 radical (unpaired) electrons. The van der Waals surface area contributed by atoms with Crippen LogP contribution in [0.15, 0.2) is 42.5 Å². The lowest BCUT2D eigenvalue weighted by Crippen LogP contribution is -2.13. The maximum absolute atomic E-state index is 13.9. The number of ether oxygens (including phenoxy) is 2. The highest BCUT2D eigenvalue weighted by Gasteiger charge is 2.25. The van der Waals surface area contributed by atoms with Crippen molar-refractivity contribution < 1.29 is 18.7 Å². The van der Waals surface area contributed by atoms with Crippen LogP contribution >= 0.6 is 0 Å². The van der Waals surface area contributed by atoms with Gasteiger partial charge in [-0.1, -0.05) is 31.5 Å². The number of fused-ring (bicyclic) bond motifs is 1. The monoisotopic (exact) mass is 394 g/mol. The molecule has 29 heavy (non-hydrogen) atoms. The van der Waals surface area contributed by atoms with E-state index in [2.05, 4.69) is 11.5 Å². The lowest BCUT2D eigenvalue weighted by molar-refractivity contribution is 0.1000. The average molecular weight is 394 g/mol. The number of amides is 1. The van der Waals surface area contributed by atoms with Crippen molar-refractivity contribution >= 4 is 5.91 Å². The van der Waals surface area contributed by atoms with E-state index in [1.807, 2.05) is 31.2 Å². The fourth-order valence-electron chi connectivity index (χ4n) is 3.99. The molecule has 0 saturated heterocycles. The highest BCUT2D eigenvalue weighted by molar-refractivity contribution is 6.02. The fourth-order valence-corrected chi connectivity index (χ4v) is 3.99. The maximum Gasteiger partial charge on any atom is 0.251 e. The second kappa shape index (κ2) is 7.62. The molecule has 0 atom stereocenters. The molecule has 2 N–H and O–H groups in total. The first-order valence-electron chi connectivity index (χ1n) is 9.65. The summed E-state index contributed by atoms with van der Waals surface area (Å²) in [7, 11) is 0. The fraction of sp³-hybridized carbons (Fsp3) is 0.261. The first-order chi connectivity index (χ1) is 14.0. The van der Waals surface area contributed by atoms with E-state index >= 15 is 0 Å². The highest BCUT2D eigenvalue weighted by atomic mass is 19.1. The van der Waals surface area contributed by atoms with Crippen LogP contribution in [0.2, 0.25) is 0 Å². The summed E-state index contributed by atoms with van der Waals surface area (Å²) in [6, 6.07) is 12.1. The Kier molecular flexibility index (Phi) is 5.01. The van der Waals surface area contributed by atoms with E-state index in [0.29, 0.717) is 23.4 Å². The molecule has 1 amide bonds. The summed E-state index contributed by atoms with van der Waals surface area (Å²) in [5, 5.41) is 0. The van der Waals surface area contributed by atoms with Gasteiger partial charge in [-0.2, -0.15) is 0 Å². The number of aromatic nitrogens is 1. The number of primary amides is 1. The minimum absolute atomic E-state index is 0.220. The predicted molar refractivity (Wildman–Crippen MR) is 109 cm³/mol. The van der Waals surface area contributed by atoms with Gasteiger partial charge in [-0.3, -0.25) is 4.79 Å². The van der Waals surface area contributed by atoms with Gasteiger partial charge in [0.15, 0.2) is 11.5 Å². The number of hydrogen-bond acceptors (Lipinski definition) is 3. The van der Waals surface area contributed by atoms with Crippen molar-refractivity contribution in [1.29, 1.82) is 0 Å². The molecule has 1 aliphatic rings. The smallest absolute Gasteiger partial charge is 0.251 e. The Labute approximate surface area is 168 Å². The van der Waals surface area contributed by atoms with Gasteiger partial charge in [-0.25, -0.2) is 4.39 Å². The molecule has 1 aliphatic heterocycles. The van der Waals surface area contributed by atoms with Crippen molar-refractivity contribution in [2.75, 3.05) is 6.79 Å². The van der Waals surface area contributed by atoms with Crippen LogP contribution in [-0.4, -0.2) is 17.3 Å². The van der Waals surface area contributed by atoms with Gasteiger partial charge >= 0.3 is 0 Å². The molecule has 0 aliphatic carbocycles. The Morgan fingerprint density at radius 3 is 2.69 bits per heavy atom. The number of hydrogen-bond donors (Lipinski definition) is 1. The molecule has 5 nitrogen and oxygen atoms in total.